The molecule has 1 aromatic heterocycles. The van der Waals surface area contributed by atoms with E-state index in [1.165, 1.54) is 0 Å². The molecule has 0 radical (unpaired) electrons. The molecular formula is C28H31NO4. The zero-order valence-corrected chi connectivity index (χ0v) is 18.6. The largest absolute Gasteiger partial charge is 0.508 e. The van der Waals surface area contributed by atoms with Crippen molar-refractivity contribution < 1.29 is 20.1 Å². The minimum absolute atomic E-state index is 0.106. The van der Waals surface area contributed by atoms with Crippen LogP contribution >= 0.6 is 0 Å². The van der Waals surface area contributed by atoms with Crippen LogP contribution in [0.5, 0.6) is 5.75 Å². The summed E-state index contributed by atoms with van der Waals surface area (Å²) in [6, 6.07) is 22.4. The lowest BCUT2D eigenvalue weighted by atomic mass is 9.90. The third-order valence-corrected chi connectivity index (χ3v) is 5.48. The highest BCUT2D eigenvalue weighted by atomic mass is 16.5. The van der Waals surface area contributed by atoms with Gasteiger partial charge in [-0.3, -0.25) is 4.98 Å². The van der Waals surface area contributed by atoms with Crippen LogP contribution in [0.3, 0.4) is 0 Å². The Kier molecular flexibility index (Phi) is 9.39. The predicted molar refractivity (Wildman–Crippen MR) is 131 cm³/mol. The van der Waals surface area contributed by atoms with Gasteiger partial charge in [-0.15, -0.1) is 6.58 Å². The van der Waals surface area contributed by atoms with E-state index in [-0.39, 0.29) is 12.4 Å². The van der Waals surface area contributed by atoms with Gasteiger partial charge in [0, 0.05) is 12.1 Å². The van der Waals surface area contributed by atoms with E-state index < -0.39 is 18.1 Å². The summed E-state index contributed by atoms with van der Waals surface area (Å²) < 4.78 is 5.65. The fourth-order valence-corrected chi connectivity index (χ4v) is 3.69. The molecule has 0 saturated heterocycles. The Labute approximate surface area is 195 Å². The molecule has 5 nitrogen and oxygen atoms in total. The normalized spacial score (nSPS) is 14.4. The van der Waals surface area contributed by atoms with Gasteiger partial charge in [0.05, 0.1) is 31.1 Å². The van der Waals surface area contributed by atoms with Crippen LogP contribution in [0.4, 0.5) is 0 Å². The number of allylic oxidation sites excluding steroid dienone is 1. The molecule has 0 fully saturated rings. The van der Waals surface area contributed by atoms with E-state index >= 15 is 0 Å². The molecule has 0 bridgehead atoms. The predicted octanol–water partition coefficient (Wildman–Crippen LogP) is 4.85. The van der Waals surface area contributed by atoms with Crippen LogP contribution in [0.15, 0.2) is 91.6 Å². The smallest absolute Gasteiger partial charge is 0.116 e. The van der Waals surface area contributed by atoms with Crippen LogP contribution in [0.2, 0.25) is 0 Å². The molecule has 0 amide bonds. The van der Waals surface area contributed by atoms with Gasteiger partial charge >= 0.3 is 0 Å². The highest BCUT2D eigenvalue weighted by Crippen LogP contribution is 2.26. The van der Waals surface area contributed by atoms with Gasteiger partial charge in [0.1, 0.15) is 5.75 Å². The molecule has 3 rings (SSSR count). The number of pyridine rings is 1. The van der Waals surface area contributed by atoms with E-state index in [0.29, 0.717) is 19.4 Å². The van der Waals surface area contributed by atoms with Crippen LogP contribution in [0, 0.1) is 5.92 Å². The number of ether oxygens (including phenoxy) is 1. The molecule has 2 aromatic carbocycles. The molecule has 33 heavy (non-hydrogen) atoms. The van der Waals surface area contributed by atoms with E-state index in [1.54, 1.807) is 30.5 Å². The van der Waals surface area contributed by atoms with Crippen LogP contribution in [-0.2, 0) is 11.3 Å². The first-order valence-electron chi connectivity index (χ1n) is 11.1. The number of phenolic OH excluding ortho intramolecular Hbond substituents is 1. The topological polar surface area (TPSA) is 82.8 Å². The van der Waals surface area contributed by atoms with Crippen molar-refractivity contribution in [1.29, 1.82) is 0 Å². The van der Waals surface area contributed by atoms with E-state index in [2.05, 4.69) is 11.6 Å². The second-order valence-corrected chi connectivity index (χ2v) is 7.97. The summed E-state index contributed by atoms with van der Waals surface area (Å²) >= 11 is 0. The lowest BCUT2D eigenvalue weighted by molar-refractivity contribution is -0.0270. The molecule has 0 aliphatic carbocycles. The fraction of sp³-hybridized carbons (Fsp3) is 0.250. The molecule has 0 aliphatic heterocycles. The third-order valence-electron chi connectivity index (χ3n) is 5.48. The molecule has 0 unspecified atom stereocenters. The maximum Gasteiger partial charge on any atom is 0.116 e. The number of rotatable bonds is 12. The summed E-state index contributed by atoms with van der Waals surface area (Å²) in [6.07, 6.45) is 4.55. The van der Waals surface area contributed by atoms with Crippen molar-refractivity contribution in [2.45, 2.75) is 31.7 Å². The van der Waals surface area contributed by atoms with Gasteiger partial charge in [0.15, 0.2) is 0 Å². The van der Waals surface area contributed by atoms with Crippen LogP contribution in [0.1, 0.15) is 29.7 Å². The van der Waals surface area contributed by atoms with Gasteiger partial charge in [0.2, 0.25) is 0 Å². The van der Waals surface area contributed by atoms with Crippen LogP contribution in [0.25, 0.3) is 11.6 Å². The first kappa shape index (κ1) is 24.4. The van der Waals surface area contributed by atoms with Crippen molar-refractivity contribution in [2.24, 2.45) is 5.92 Å². The zero-order chi connectivity index (χ0) is 23.5. The molecule has 0 spiro atoms. The van der Waals surface area contributed by atoms with E-state index in [0.717, 1.165) is 22.4 Å². The average Bonchev–Trinajstić information content (AvgIpc) is 2.83. The fourth-order valence-electron chi connectivity index (χ4n) is 3.69. The lowest BCUT2D eigenvalue weighted by Gasteiger charge is -2.25. The van der Waals surface area contributed by atoms with Gasteiger partial charge in [-0.2, -0.15) is 0 Å². The van der Waals surface area contributed by atoms with Crippen molar-refractivity contribution in [3.63, 3.8) is 0 Å². The number of aromatic hydroxyl groups is 1. The molecule has 5 heteroatoms. The molecule has 0 aliphatic rings. The SMILES string of the molecule is C=C[C@H]([C@H](O)CC/C(=C/c1cccc(O)c1)c1ccccn1)[C@H](O)COCc1ccccc1. The minimum Gasteiger partial charge on any atom is -0.508 e. The molecule has 3 atom stereocenters. The standard InChI is InChI=1S/C28H31NO4/c1-2-25(28(32)20-33-19-21-9-4-3-5-10-21)27(31)15-14-23(26-13-6-7-16-29-26)17-22-11-8-12-24(30)18-22/h2-13,16-18,25,27-28,30-32H,1,14-15,19-20H2/b23-17-/t25-,27-,28-/m1/s1. The van der Waals surface area contributed by atoms with Gasteiger partial charge < -0.3 is 20.1 Å². The third kappa shape index (κ3) is 7.68. The summed E-state index contributed by atoms with van der Waals surface area (Å²) in [5, 5.41) is 31.2. The molecule has 3 aromatic rings. The Balaban J connectivity index is 1.62. The quantitative estimate of drug-likeness (QED) is 0.347. The minimum atomic E-state index is -0.866. The first-order valence-corrected chi connectivity index (χ1v) is 11.1. The van der Waals surface area contributed by atoms with Crippen molar-refractivity contribution in [3.8, 4) is 5.75 Å². The van der Waals surface area contributed by atoms with E-state index in [9.17, 15) is 15.3 Å². The summed E-state index contributed by atoms with van der Waals surface area (Å²) in [6.45, 7) is 4.31. The average molecular weight is 446 g/mol. The van der Waals surface area contributed by atoms with Crippen LogP contribution < -0.4 is 0 Å². The Hall–Kier alpha value is -3.25. The lowest BCUT2D eigenvalue weighted by Crippen LogP contribution is -2.33. The van der Waals surface area contributed by atoms with Crippen LogP contribution in [-0.4, -0.2) is 39.1 Å². The Morgan fingerprint density at radius 2 is 1.76 bits per heavy atom. The number of hydrogen-bond donors (Lipinski definition) is 3. The molecule has 3 N–H and O–H groups in total. The highest BCUT2D eigenvalue weighted by Gasteiger charge is 2.24. The number of aliphatic hydroxyl groups excluding tert-OH is 2. The number of hydrogen-bond acceptors (Lipinski definition) is 5. The molecule has 1 heterocycles. The second kappa shape index (κ2) is 12.7. The van der Waals surface area contributed by atoms with Crippen molar-refractivity contribution in [3.05, 3.63) is 108 Å². The van der Waals surface area contributed by atoms with Gasteiger partial charge in [-0.25, -0.2) is 0 Å². The molecular weight excluding hydrogens is 414 g/mol. The monoisotopic (exact) mass is 445 g/mol. The number of benzene rings is 2. The summed E-state index contributed by atoms with van der Waals surface area (Å²) in [4.78, 5) is 4.44. The van der Waals surface area contributed by atoms with Gasteiger partial charge in [-0.05, 0) is 59.9 Å². The number of nitrogens with zero attached hydrogens (tertiary/aromatic N) is 1. The Bertz CT molecular complexity index is 1020. The molecule has 0 saturated carbocycles. The Morgan fingerprint density at radius 1 is 0.970 bits per heavy atom. The second-order valence-electron chi connectivity index (χ2n) is 7.97. The van der Waals surface area contributed by atoms with Gasteiger partial charge in [-0.1, -0.05) is 54.6 Å². The van der Waals surface area contributed by atoms with E-state index in [4.69, 9.17) is 4.74 Å². The summed E-state index contributed by atoms with van der Waals surface area (Å²) in [5.74, 6) is -0.332. The zero-order valence-electron chi connectivity index (χ0n) is 18.6. The summed E-state index contributed by atoms with van der Waals surface area (Å²) in [7, 11) is 0. The number of aromatic nitrogens is 1. The van der Waals surface area contributed by atoms with Crippen molar-refractivity contribution >= 4 is 11.6 Å². The Morgan fingerprint density at radius 3 is 2.45 bits per heavy atom. The maximum atomic E-state index is 10.8. The maximum absolute atomic E-state index is 10.8. The van der Waals surface area contributed by atoms with Gasteiger partial charge in [0.25, 0.3) is 0 Å². The number of phenols is 1. The molecule has 172 valence electrons. The first-order chi connectivity index (χ1) is 16.1. The van der Waals surface area contributed by atoms with E-state index in [1.807, 2.05) is 60.7 Å². The summed E-state index contributed by atoms with van der Waals surface area (Å²) in [5.41, 5.74) is 3.60. The highest BCUT2D eigenvalue weighted by molar-refractivity contribution is 5.80. The van der Waals surface area contributed by atoms with Crippen molar-refractivity contribution in [1.82, 2.24) is 4.98 Å². The number of aliphatic hydroxyl groups is 2. The van der Waals surface area contributed by atoms with Crippen molar-refractivity contribution in [2.75, 3.05) is 6.61 Å².